The van der Waals surface area contributed by atoms with E-state index in [4.69, 9.17) is 0 Å². The summed E-state index contributed by atoms with van der Waals surface area (Å²) < 4.78 is 1.52. The lowest BCUT2D eigenvalue weighted by Gasteiger charge is -2.17. The molecule has 4 rings (SSSR count). The van der Waals surface area contributed by atoms with Gasteiger partial charge in [-0.1, -0.05) is 42.1 Å². The van der Waals surface area contributed by atoms with E-state index in [-0.39, 0.29) is 23.1 Å². The molecule has 1 aliphatic rings. The predicted octanol–water partition coefficient (Wildman–Crippen LogP) is 2.48. The number of carbonyl (C=O) groups is 2. The largest absolute Gasteiger partial charge is 0.344 e. The zero-order valence-electron chi connectivity index (χ0n) is 15.0. The van der Waals surface area contributed by atoms with Crippen LogP contribution >= 0.6 is 11.8 Å². The van der Waals surface area contributed by atoms with Gasteiger partial charge < -0.3 is 5.32 Å². The standard InChI is InChI=1S/C20H18N4O3S/c25-17(15-6-8-16-14(10-15)7-9-18(26)21-16)12-28-20-23-22-19(27)24(20)11-13-4-2-1-3-5-13/h1-6,8,10H,7,9,11-12H2,(H,21,26)(H,22,27). The second-order valence-electron chi connectivity index (χ2n) is 6.52. The molecule has 0 spiro atoms. The lowest BCUT2D eigenvalue weighted by atomic mass is 9.99. The number of hydrogen-bond donors (Lipinski definition) is 2. The number of Topliss-reactive ketones (excluding diaryl/α,β-unsaturated/α-hetero) is 1. The number of hydrogen-bond acceptors (Lipinski definition) is 5. The number of rotatable bonds is 6. The van der Waals surface area contributed by atoms with Gasteiger partial charge in [0, 0.05) is 17.7 Å². The Morgan fingerprint density at radius 1 is 1.11 bits per heavy atom. The minimum absolute atomic E-state index is 0.00273. The van der Waals surface area contributed by atoms with Crippen LogP contribution in [0, 0.1) is 0 Å². The fourth-order valence-electron chi connectivity index (χ4n) is 3.09. The Morgan fingerprint density at radius 3 is 2.75 bits per heavy atom. The fraction of sp³-hybridized carbons (Fsp3) is 0.200. The highest BCUT2D eigenvalue weighted by Crippen LogP contribution is 2.25. The van der Waals surface area contributed by atoms with Crippen LogP contribution in [-0.2, 0) is 17.8 Å². The van der Waals surface area contributed by atoms with Crippen LogP contribution in [0.5, 0.6) is 0 Å². The molecular formula is C20H18N4O3S. The van der Waals surface area contributed by atoms with Gasteiger partial charge in [0.15, 0.2) is 10.9 Å². The van der Waals surface area contributed by atoms with E-state index in [0.29, 0.717) is 30.1 Å². The van der Waals surface area contributed by atoms with Crippen molar-refractivity contribution in [1.29, 1.82) is 0 Å². The van der Waals surface area contributed by atoms with Crippen LogP contribution in [0.15, 0.2) is 58.5 Å². The first-order valence-corrected chi connectivity index (χ1v) is 9.86. The molecule has 7 nitrogen and oxygen atoms in total. The molecule has 0 atom stereocenters. The van der Waals surface area contributed by atoms with Gasteiger partial charge in [-0.2, -0.15) is 0 Å². The number of H-pyrrole nitrogens is 1. The Hall–Kier alpha value is -3.13. The molecule has 1 aliphatic heterocycles. The highest BCUT2D eigenvalue weighted by Gasteiger charge is 2.18. The number of nitrogens with zero attached hydrogens (tertiary/aromatic N) is 2. The summed E-state index contributed by atoms with van der Waals surface area (Å²) in [6.45, 7) is 0.394. The van der Waals surface area contributed by atoms with Crippen molar-refractivity contribution < 1.29 is 9.59 Å². The van der Waals surface area contributed by atoms with Gasteiger partial charge in [-0.25, -0.2) is 9.89 Å². The van der Waals surface area contributed by atoms with Gasteiger partial charge in [-0.15, -0.1) is 5.10 Å². The number of ketones is 1. The first-order valence-electron chi connectivity index (χ1n) is 8.88. The minimum atomic E-state index is -0.302. The molecule has 2 heterocycles. The van der Waals surface area contributed by atoms with Gasteiger partial charge >= 0.3 is 5.69 Å². The zero-order chi connectivity index (χ0) is 19.5. The Kier molecular flexibility index (Phi) is 5.12. The van der Waals surface area contributed by atoms with E-state index in [1.165, 1.54) is 16.3 Å². The average molecular weight is 394 g/mol. The highest BCUT2D eigenvalue weighted by atomic mass is 32.2. The van der Waals surface area contributed by atoms with Crippen LogP contribution in [0.25, 0.3) is 0 Å². The van der Waals surface area contributed by atoms with Gasteiger partial charge in [0.2, 0.25) is 5.91 Å². The van der Waals surface area contributed by atoms with E-state index < -0.39 is 0 Å². The molecule has 2 N–H and O–H groups in total. The third-order valence-electron chi connectivity index (χ3n) is 4.56. The van der Waals surface area contributed by atoms with Crippen LogP contribution in [0.2, 0.25) is 0 Å². The molecule has 0 radical (unpaired) electrons. The lowest BCUT2D eigenvalue weighted by Crippen LogP contribution is -2.19. The van der Waals surface area contributed by atoms with Crippen LogP contribution in [0.3, 0.4) is 0 Å². The maximum absolute atomic E-state index is 12.6. The number of thioether (sulfide) groups is 1. The highest BCUT2D eigenvalue weighted by molar-refractivity contribution is 7.99. The first-order chi connectivity index (χ1) is 13.6. The fourth-order valence-corrected chi connectivity index (χ4v) is 3.93. The van der Waals surface area contributed by atoms with E-state index in [1.807, 2.05) is 36.4 Å². The lowest BCUT2D eigenvalue weighted by molar-refractivity contribution is -0.116. The molecule has 0 aliphatic carbocycles. The van der Waals surface area contributed by atoms with Crippen molar-refractivity contribution in [1.82, 2.24) is 14.8 Å². The predicted molar refractivity (Wildman–Crippen MR) is 107 cm³/mol. The second kappa shape index (κ2) is 7.85. The molecule has 28 heavy (non-hydrogen) atoms. The summed E-state index contributed by atoms with van der Waals surface area (Å²) in [5, 5.41) is 9.78. The molecule has 2 aromatic carbocycles. The first kappa shape index (κ1) is 18.2. The molecule has 0 unspecified atom stereocenters. The van der Waals surface area contributed by atoms with Crippen LogP contribution < -0.4 is 11.0 Å². The summed E-state index contributed by atoms with van der Waals surface area (Å²) in [6.07, 6.45) is 1.06. The monoisotopic (exact) mass is 394 g/mol. The number of aromatic amines is 1. The van der Waals surface area contributed by atoms with E-state index in [0.717, 1.165) is 16.8 Å². The van der Waals surface area contributed by atoms with E-state index >= 15 is 0 Å². The van der Waals surface area contributed by atoms with Crippen LogP contribution in [-0.4, -0.2) is 32.2 Å². The number of aromatic nitrogens is 3. The molecule has 8 heteroatoms. The molecular weight excluding hydrogens is 376 g/mol. The Labute approximate surface area is 165 Å². The molecule has 3 aromatic rings. The number of benzene rings is 2. The van der Waals surface area contributed by atoms with Crippen LogP contribution in [0.4, 0.5) is 5.69 Å². The Balaban J connectivity index is 1.46. The molecule has 0 fully saturated rings. The molecule has 1 amide bonds. The van der Waals surface area contributed by atoms with Crippen molar-refractivity contribution in [3.8, 4) is 0 Å². The summed E-state index contributed by atoms with van der Waals surface area (Å²) in [7, 11) is 0. The number of anilines is 1. The molecule has 1 aromatic heterocycles. The van der Waals surface area contributed by atoms with Gasteiger partial charge in [0.1, 0.15) is 0 Å². The Bertz CT molecular complexity index is 1090. The normalized spacial score (nSPS) is 13.1. The molecule has 0 saturated carbocycles. The van der Waals surface area contributed by atoms with Gasteiger partial charge in [0.25, 0.3) is 0 Å². The Morgan fingerprint density at radius 2 is 1.93 bits per heavy atom. The average Bonchev–Trinajstić information content (AvgIpc) is 3.06. The number of carbonyl (C=O) groups excluding carboxylic acids is 2. The SMILES string of the molecule is O=C1CCc2cc(C(=O)CSc3n[nH]c(=O)n3Cc3ccccc3)ccc2N1. The summed E-state index contributed by atoms with van der Waals surface area (Å²) >= 11 is 1.23. The zero-order valence-corrected chi connectivity index (χ0v) is 15.8. The summed E-state index contributed by atoms with van der Waals surface area (Å²) in [6, 6.07) is 14.9. The smallest absolute Gasteiger partial charge is 0.326 e. The van der Waals surface area contributed by atoms with Crippen molar-refractivity contribution in [3.05, 3.63) is 75.7 Å². The van der Waals surface area contributed by atoms with E-state index in [9.17, 15) is 14.4 Å². The maximum atomic E-state index is 12.6. The number of amides is 1. The minimum Gasteiger partial charge on any atom is -0.326 e. The summed E-state index contributed by atoms with van der Waals surface area (Å²) in [5.41, 5.74) is 3.01. The third-order valence-corrected chi connectivity index (χ3v) is 5.54. The van der Waals surface area contributed by atoms with Gasteiger partial charge in [-0.05, 0) is 35.7 Å². The summed E-state index contributed by atoms with van der Waals surface area (Å²) in [4.78, 5) is 36.1. The number of fused-ring (bicyclic) bond motifs is 1. The topological polar surface area (TPSA) is 96.8 Å². The maximum Gasteiger partial charge on any atom is 0.344 e. The van der Waals surface area contributed by atoms with Crippen molar-refractivity contribution in [2.24, 2.45) is 0 Å². The van der Waals surface area contributed by atoms with Crippen molar-refractivity contribution in [3.63, 3.8) is 0 Å². The summed E-state index contributed by atoms with van der Waals surface area (Å²) in [5.74, 6) is 0.119. The van der Waals surface area contributed by atoms with Gasteiger partial charge in [0.05, 0.1) is 12.3 Å². The quantitative estimate of drug-likeness (QED) is 0.495. The third kappa shape index (κ3) is 3.91. The van der Waals surface area contributed by atoms with Crippen LogP contribution in [0.1, 0.15) is 27.9 Å². The van der Waals surface area contributed by atoms with E-state index in [2.05, 4.69) is 15.5 Å². The second-order valence-corrected chi connectivity index (χ2v) is 7.46. The molecule has 0 bridgehead atoms. The number of nitrogens with one attached hydrogen (secondary N) is 2. The molecule has 142 valence electrons. The van der Waals surface area contributed by atoms with E-state index in [1.54, 1.807) is 12.1 Å². The van der Waals surface area contributed by atoms with Crippen molar-refractivity contribution in [2.45, 2.75) is 24.5 Å². The molecule has 0 saturated heterocycles. The van der Waals surface area contributed by atoms with Crippen molar-refractivity contribution in [2.75, 3.05) is 11.1 Å². The van der Waals surface area contributed by atoms with Crippen molar-refractivity contribution >= 4 is 29.1 Å². The number of aryl methyl sites for hydroxylation is 1. The van der Waals surface area contributed by atoms with Gasteiger partial charge in [-0.3, -0.25) is 14.2 Å².